The fraction of sp³-hybridized carbons (Fsp3) is 0.167. The number of carbonyl (C=O) groups is 1. The van der Waals surface area contributed by atoms with E-state index in [2.05, 4.69) is 15.5 Å². The van der Waals surface area contributed by atoms with E-state index in [4.69, 9.17) is 0 Å². The molecule has 8 heteroatoms. The summed E-state index contributed by atoms with van der Waals surface area (Å²) >= 11 is 0. The zero-order valence-electron chi connectivity index (χ0n) is 10.5. The first kappa shape index (κ1) is 13.7. The van der Waals surface area contributed by atoms with Gasteiger partial charge >= 0.3 is 0 Å². The van der Waals surface area contributed by atoms with E-state index < -0.39 is 22.3 Å². The Morgan fingerprint density at radius 2 is 2.25 bits per heavy atom. The van der Waals surface area contributed by atoms with Crippen LogP contribution in [0.4, 0.5) is 15.9 Å². The minimum absolute atomic E-state index is 0.225. The van der Waals surface area contributed by atoms with Gasteiger partial charge in [-0.3, -0.25) is 20.0 Å². The van der Waals surface area contributed by atoms with Gasteiger partial charge in [0.2, 0.25) is 0 Å². The maximum absolute atomic E-state index is 13.0. The Balaban J connectivity index is 2.27. The summed E-state index contributed by atoms with van der Waals surface area (Å²) in [5.41, 5.74) is 0.0000972. The minimum atomic E-state index is -0.806. The normalized spacial score (nSPS) is 10.3. The molecule has 1 heterocycles. The molecule has 2 aromatic rings. The Labute approximate surface area is 113 Å². The standard InChI is InChI=1S/C12H11FN4O3/c1-2-8-6-11(16-15-8)14-12(18)9-4-3-7(13)5-10(9)17(19)20/h3-6H,2H2,1H3,(H2,14,15,16,18). The van der Waals surface area contributed by atoms with Crippen LogP contribution in [0.1, 0.15) is 23.0 Å². The summed E-state index contributed by atoms with van der Waals surface area (Å²) in [5, 5.41) is 19.8. The molecule has 0 fully saturated rings. The molecule has 0 radical (unpaired) electrons. The van der Waals surface area contributed by atoms with E-state index >= 15 is 0 Å². The van der Waals surface area contributed by atoms with Crippen molar-refractivity contribution < 1.29 is 14.1 Å². The lowest BCUT2D eigenvalue weighted by molar-refractivity contribution is -0.385. The van der Waals surface area contributed by atoms with Gasteiger partial charge in [-0.15, -0.1) is 0 Å². The summed E-state index contributed by atoms with van der Waals surface area (Å²) in [6.45, 7) is 1.91. The number of aromatic amines is 1. The Hall–Kier alpha value is -2.77. The fourth-order valence-corrected chi connectivity index (χ4v) is 1.64. The predicted octanol–water partition coefficient (Wildman–Crippen LogP) is 2.27. The van der Waals surface area contributed by atoms with Gasteiger partial charge in [0.05, 0.1) is 11.0 Å². The van der Waals surface area contributed by atoms with Crippen molar-refractivity contribution in [3.63, 3.8) is 0 Å². The number of nitrogens with one attached hydrogen (secondary N) is 2. The molecule has 1 amide bonds. The third-order valence-electron chi connectivity index (χ3n) is 2.65. The highest BCUT2D eigenvalue weighted by Crippen LogP contribution is 2.21. The van der Waals surface area contributed by atoms with Crippen LogP contribution >= 0.6 is 0 Å². The maximum Gasteiger partial charge on any atom is 0.285 e. The van der Waals surface area contributed by atoms with Crippen molar-refractivity contribution in [2.75, 3.05) is 5.32 Å². The molecule has 7 nitrogen and oxygen atoms in total. The van der Waals surface area contributed by atoms with Gasteiger partial charge in [-0.2, -0.15) is 5.10 Å². The molecule has 1 aromatic carbocycles. The monoisotopic (exact) mass is 278 g/mol. The number of aryl methyl sites for hydroxylation is 1. The molecule has 2 rings (SSSR count). The number of nitrogens with zero attached hydrogens (tertiary/aromatic N) is 2. The number of hydrogen-bond donors (Lipinski definition) is 2. The summed E-state index contributed by atoms with van der Waals surface area (Å²) in [5.74, 6) is -1.24. The second kappa shape index (κ2) is 5.47. The van der Waals surface area contributed by atoms with E-state index in [1.807, 2.05) is 6.92 Å². The summed E-state index contributed by atoms with van der Waals surface area (Å²) in [6.07, 6.45) is 0.708. The first-order valence-electron chi connectivity index (χ1n) is 5.81. The van der Waals surface area contributed by atoms with Gasteiger partial charge in [0, 0.05) is 11.8 Å². The molecule has 1 aromatic heterocycles. The number of nitro benzene ring substituents is 1. The van der Waals surface area contributed by atoms with Crippen LogP contribution in [-0.4, -0.2) is 21.0 Å². The number of carbonyl (C=O) groups excluding carboxylic acids is 1. The second-order valence-corrected chi connectivity index (χ2v) is 4.00. The van der Waals surface area contributed by atoms with Crippen LogP contribution < -0.4 is 5.32 Å². The lowest BCUT2D eigenvalue weighted by Crippen LogP contribution is -2.14. The van der Waals surface area contributed by atoms with Crippen molar-refractivity contribution in [2.45, 2.75) is 13.3 Å². The molecule has 0 spiro atoms. The van der Waals surface area contributed by atoms with E-state index in [1.165, 1.54) is 0 Å². The van der Waals surface area contributed by atoms with Crippen molar-refractivity contribution >= 4 is 17.4 Å². The van der Waals surface area contributed by atoms with Crippen LogP contribution in [0.3, 0.4) is 0 Å². The minimum Gasteiger partial charge on any atom is -0.305 e. The molecule has 0 aliphatic heterocycles. The number of benzene rings is 1. The molecular weight excluding hydrogens is 267 g/mol. The topological polar surface area (TPSA) is 101 Å². The van der Waals surface area contributed by atoms with Crippen molar-refractivity contribution in [1.29, 1.82) is 0 Å². The largest absolute Gasteiger partial charge is 0.305 e. The number of rotatable bonds is 4. The molecule has 104 valence electrons. The van der Waals surface area contributed by atoms with Gasteiger partial charge in [0.1, 0.15) is 11.4 Å². The molecule has 0 unspecified atom stereocenters. The number of amides is 1. The number of halogens is 1. The molecule has 0 saturated heterocycles. The molecule has 2 N–H and O–H groups in total. The molecule has 0 saturated carbocycles. The molecule has 0 atom stereocenters. The highest BCUT2D eigenvalue weighted by atomic mass is 19.1. The van der Waals surface area contributed by atoms with Crippen LogP contribution in [0, 0.1) is 15.9 Å². The maximum atomic E-state index is 13.0. The average Bonchev–Trinajstić information content (AvgIpc) is 2.86. The molecule has 0 aliphatic rings. The van der Waals surface area contributed by atoms with E-state index in [0.29, 0.717) is 12.5 Å². The Bertz CT molecular complexity index is 668. The third-order valence-corrected chi connectivity index (χ3v) is 2.65. The van der Waals surface area contributed by atoms with E-state index in [9.17, 15) is 19.3 Å². The van der Waals surface area contributed by atoms with Crippen LogP contribution in [0.15, 0.2) is 24.3 Å². The fourth-order valence-electron chi connectivity index (χ4n) is 1.64. The second-order valence-electron chi connectivity index (χ2n) is 4.00. The number of nitro groups is 1. The number of H-pyrrole nitrogens is 1. The summed E-state index contributed by atoms with van der Waals surface area (Å²) < 4.78 is 13.0. The van der Waals surface area contributed by atoms with E-state index in [1.54, 1.807) is 6.07 Å². The quantitative estimate of drug-likeness (QED) is 0.661. The zero-order valence-corrected chi connectivity index (χ0v) is 10.5. The van der Waals surface area contributed by atoms with Gasteiger partial charge < -0.3 is 5.32 Å². The van der Waals surface area contributed by atoms with Crippen molar-refractivity contribution in [2.24, 2.45) is 0 Å². The SMILES string of the molecule is CCc1cc(NC(=O)c2ccc(F)cc2[N+](=O)[O-])n[nH]1. The summed E-state index contributed by atoms with van der Waals surface area (Å²) in [4.78, 5) is 22.0. The van der Waals surface area contributed by atoms with Crippen LogP contribution in [0.2, 0.25) is 0 Å². The number of anilines is 1. The van der Waals surface area contributed by atoms with Crippen LogP contribution in [-0.2, 0) is 6.42 Å². The predicted molar refractivity (Wildman–Crippen MR) is 69.0 cm³/mol. The highest BCUT2D eigenvalue weighted by molar-refractivity contribution is 6.06. The summed E-state index contributed by atoms with van der Waals surface area (Å²) in [7, 11) is 0. The van der Waals surface area contributed by atoms with Gasteiger partial charge in [-0.1, -0.05) is 6.92 Å². The van der Waals surface area contributed by atoms with Gasteiger partial charge in [0.15, 0.2) is 5.82 Å². The van der Waals surface area contributed by atoms with Crippen molar-refractivity contribution in [3.8, 4) is 0 Å². The van der Waals surface area contributed by atoms with Crippen LogP contribution in [0.25, 0.3) is 0 Å². The lowest BCUT2D eigenvalue weighted by atomic mass is 10.1. The number of aromatic nitrogens is 2. The van der Waals surface area contributed by atoms with E-state index in [0.717, 1.165) is 17.8 Å². The van der Waals surface area contributed by atoms with Crippen LogP contribution in [0.5, 0.6) is 0 Å². The number of hydrogen-bond acceptors (Lipinski definition) is 4. The van der Waals surface area contributed by atoms with Crippen molar-refractivity contribution in [3.05, 3.63) is 51.5 Å². The Morgan fingerprint density at radius 3 is 2.85 bits per heavy atom. The highest BCUT2D eigenvalue weighted by Gasteiger charge is 2.21. The molecule has 0 aliphatic carbocycles. The molecule has 0 bridgehead atoms. The third kappa shape index (κ3) is 2.79. The van der Waals surface area contributed by atoms with Gasteiger partial charge in [-0.25, -0.2) is 4.39 Å². The lowest BCUT2D eigenvalue weighted by Gasteiger charge is -2.03. The average molecular weight is 278 g/mol. The van der Waals surface area contributed by atoms with Gasteiger partial charge in [0.25, 0.3) is 11.6 Å². The first-order chi connectivity index (χ1) is 9.51. The van der Waals surface area contributed by atoms with Crippen molar-refractivity contribution in [1.82, 2.24) is 10.2 Å². The summed E-state index contributed by atoms with van der Waals surface area (Å²) in [6, 6.07) is 4.38. The molecular formula is C12H11FN4O3. The molecule has 20 heavy (non-hydrogen) atoms. The Kier molecular flexibility index (Phi) is 3.74. The Morgan fingerprint density at radius 1 is 1.50 bits per heavy atom. The van der Waals surface area contributed by atoms with E-state index in [-0.39, 0.29) is 11.4 Å². The first-order valence-corrected chi connectivity index (χ1v) is 5.81. The van der Waals surface area contributed by atoms with Gasteiger partial charge in [-0.05, 0) is 18.6 Å². The zero-order chi connectivity index (χ0) is 14.7. The smallest absolute Gasteiger partial charge is 0.285 e.